The summed E-state index contributed by atoms with van der Waals surface area (Å²) < 4.78 is 9.71. The van der Waals surface area contributed by atoms with E-state index in [0.717, 1.165) is 0 Å². The molecule has 0 spiro atoms. The second-order valence-electron chi connectivity index (χ2n) is 4.91. The van der Waals surface area contributed by atoms with Gasteiger partial charge >= 0.3 is 5.97 Å². The maximum atomic E-state index is 11.3. The third kappa shape index (κ3) is 3.81. The van der Waals surface area contributed by atoms with Crippen LogP contribution in [0.5, 0.6) is 0 Å². The highest BCUT2D eigenvalue weighted by atomic mass is 16.5. The number of carbonyl (C=O) groups excluding carboxylic acids is 1. The molecule has 1 aromatic heterocycles. The van der Waals surface area contributed by atoms with E-state index in [1.165, 1.54) is 0 Å². The lowest BCUT2D eigenvalue weighted by Crippen LogP contribution is -2.37. The van der Waals surface area contributed by atoms with Crippen LogP contribution >= 0.6 is 0 Å². The summed E-state index contributed by atoms with van der Waals surface area (Å²) in [5.74, 6) is -0.273. The van der Waals surface area contributed by atoms with Crippen molar-refractivity contribution in [2.24, 2.45) is 11.1 Å². The quantitative estimate of drug-likeness (QED) is 0.795. The molecular formula is C11H19N3O3. The maximum Gasteiger partial charge on any atom is 0.379 e. The highest BCUT2D eigenvalue weighted by molar-refractivity contribution is 5.84. The van der Waals surface area contributed by atoms with Crippen molar-refractivity contribution < 1.29 is 14.1 Å². The first-order valence-corrected chi connectivity index (χ1v) is 5.60. The Balaban J connectivity index is 2.66. The van der Waals surface area contributed by atoms with Crippen molar-refractivity contribution in [2.75, 3.05) is 6.61 Å². The molecule has 0 saturated heterocycles. The molecule has 2 N–H and O–H groups in total. The van der Waals surface area contributed by atoms with E-state index in [-0.39, 0.29) is 23.9 Å². The highest BCUT2D eigenvalue weighted by Crippen LogP contribution is 2.20. The minimum absolute atomic E-state index is 0.0528. The summed E-state index contributed by atoms with van der Waals surface area (Å²) in [7, 11) is 0. The first kappa shape index (κ1) is 13.6. The van der Waals surface area contributed by atoms with Crippen LogP contribution in [0.3, 0.4) is 0 Å². The zero-order chi connectivity index (χ0) is 13.1. The molecule has 17 heavy (non-hydrogen) atoms. The van der Waals surface area contributed by atoms with Gasteiger partial charge in [0.1, 0.15) is 0 Å². The van der Waals surface area contributed by atoms with Crippen LogP contribution in [-0.4, -0.2) is 28.8 Å². The Morgan fingerprint density at radius 3 is 2.71 bits per heavy atom. The summed E-state index contributed by atoms with van der Waals surface area (Å²) in [5, 5.41) is 3.55. The Bertz CT molecular complexity index is 382. The third-order valence-corrected chi connectivity index (χ3v) is 2.43. The topological polar surface area (TPSA) is 91.2 Å². The molecule has 0 aliphatic heterocycles. The first-order valence-electron chi connectivity index (χ1n) is 5.60. The van der Waals surface area contributed by atoms with E-state index in [1.807, 2.05) is 20.8 Å². The summed E-state index contributed by atoms with van der Waals surface area (Å²) in [6.07, 6.45) is 0.440. The molecular weight excluding hydrogens is 222 g/mol. The lowest BCUT2D eigenvalue weighted by molar-refractivity contribution is 0.0508. The zero-order valence-corrected chi connectivity index (χ0v) is 10.7. The van der Waals surface area contributed by atoms with Gasteiger partial charge in [0.25, 0.3) is 5.82 Å². The van der Waals surface area contributed by atoms with Gasteiger partial charge in [-0.25, -0.2) is 4.79 Å². The molecule has 6 heteroatoms. The van der Waals surface area contributed by atoms with Crippen molar-refractivity contribution in [2.45, 2.75) is 40.2 Å². The van der Waals surface area contributed by atoms with Gasteiger partial charge in [-0.3, -0.25) is 0 Å². The monoisotopic (exact) mass is 241 g/mol. The Kier molecular flexibility index (Phi) is 4.22. The molecule has 1 atom stereocenters. The van der Waals surface area contributed by atoms with Crippen LogP contribution in [0.25, 0.3) is 0 Å². The van der Waals surface area contributed by atoms with Crippen molar-refractivity contribution in [3.63, 3.8) is 0 Å². The summed E-state index contributed by atoms with van der Waals surface area (Å²) in [5.41, 5.74) is 5.93. The minimum Gasteiger partial charge on any atom is -0.460 e. The number of aromatic nitrogens is 2. The molecule has 0 bridgehead atoms. The van der Waals surface area contributed by atoms with Gasteiger partial charge in [-0.2, -0.15) is 4.98 Å². The second-order valence-corrected chi connectivity index (χ2v) is 4.91. The number of nitrogens with zero attached hydrogens (tertiary/aromatic N) is 2. The molecule has 0 aromatic carbocycles. The van der Waals surface area contributed by atoms with Gasteiger partial charge in [0, 0.05) is 12.5 Å². The van der Waals surface area contributed by atoms with Crippen LogP contribution in [0.4, 0.5) is 0 Å². The molecule has 1 heterocycles. The highest BCUT2D eigenvalue weighted by Gasteiger charge is 2.24. The fourth-order valence-electron chi connectivity index (χ4n) is 1.11. The van der Waals surface area contributed by atoms with Crippen LogP contribution in [0.2, 0.25) is 0 Å². The molecule has 1 aromatic rings. The summed E-state index contributed by atoms with van der Waals surface area (Å²) >= 11 is 0. The standard InChI is InChI=1S/C11H19N3O3/c1-5-16-10(15)9-13-8(17-14-9)6-7(12)11(2,3)4/h7H,5-6,12H2,1-4H3. The van der Waals surface area contributed by atoms with E-state index in [0.29, 0.717) is 12.3 Å². The number of hydrogen-bond donors (Lipinski definition) is 1. The van der Waals surface area contributed by atoms with Crippen molar-refractivity contribution in [1.29, 1.82) is 0 Å². The Hall–Kier alpha value is -1.43. The van der Waals surface area contributed by atoms with Crippen molar-refractivity contribution in [3.8, 4) is 0 Å². The molecule has 6 nitrogen and oxygen atoms in total. The van der Waals surface area contributed by atoms with Crippen molar-refractivity contribution in [1.82, 2.24) is 10.1 Å². The number of esters is 1. The van der Waals surface area contributed by atoms with E-state index in [2.05, 4.69) is 10.1 Å². The van der Waals surface area contributed by atoms with E-state index in [4.69, 9.17) is 15.0 Å². The number of ether oxygens (including phenoxy) is 1. The van der Waals surface area contributed by atoms with Gasteiger partial charge in [0.2, 0.25) is 5.89 Å². The normalized spacial score (nSPS) is 13.5. The average Bonchev–Trinajstić information content (AvgIpc) is 2.65. The van der Waals surface area contributed by atoms with Gasteiger partial charge in [0.15, 0.2) is 0 Å². The number of nitrogens with two attached hydrogens (primary N) is 1. The van der Waals surface area contributed by atoms with Crippen LogP contribution in [-0.2, 0) is 11.2 Å². The molecule has 1 unspecified atom stereocenters. The van der Waals surface area contributed by atoms with Gasteiger partial charge in [-0.05, 0) is 17.5 Å². The predicted molar refractivity (Wildman–Crippen MR) is 61.4 cm³/mol. The van der Waals surface area contributed by atoms with Gasteiger partial charge in [-0.15, -0.1) is 0 Å². The molecule has 0 fully saturated rings. The zero-order valence-electron chi connectivity index (χ0n) is 10.7. The predicted octanol–water partition coefficient (Wildman–Crippen LogP) is 1.16. The van der Waals surface area contributed by atoms with Crippen LogP contribution in [0.1, 0.15) is 44.2 Å². The lowest BCUT2D eigenvalue weighted by Gasteiger charge is -2.25. The first-order chi connectivity index (χ1) is 7.84. The van der Waals surface area contributed by atoms with Crippen molar-refractivity contribution >= 4 is 5.97 Å². The van der Waals surface area contributed by atoms with Crippen LogP contribution in [0, 0.1) is 5.41 Å². The molecule has 1 rings (SSSR count). The van der Waals surface area contributed by atoms with E-state index in [1.54, 1.807) is 6.92 Å². The molecule has 96 valence electrons. The molecule has 0 saturated carbocycles. The van der Waals surface area contributed by atoms with Gasteiger partial charge in [-0.1, -0.05) is 20.8 Å². The molecule has 0 amide bonds. The van der Waals surface area contributed by atoms with Gasteiger partial charge in [0.05, 0.1) is 6.61 Å². The maximum absolute atomic E-state index is 11.3. The Labute approximate surface area is 101 Å². The van der Waals surface area contributed by atoms with Crippen LogP contribution in [0.15, 0.2) is 4.52 Å². The SMILES string of the molecule is CCOC(=O)c1noc(CC(N)C(C)(C)C)n1. The van der Waals surface area contributed by atoms with Crippen molar-refractivity contribution in [3.05, 3.63) is 11.7 Å². The van der Waals surface area contributed by atoms with E-state index < -0.39 is 5.97 Å². The molecule has 0 aliphatic rings. The lowest BCUT2D eigenvalue weighted by atomic mass is 9.85. The average molecular weight is 241 g/mol. The smallest absolute Gasteiger partial charge is 0.379 e. The Morgan fingerprint density at radius 1 is 1.53 bits per heavy atom. The number of carbonyl (C=O) groups is 1. The fraction of sp³-hybridized carbons (Fsp3) is 0.727. The minimum atomic E-state index is -0.577. The van der Waals surface area contributed by atoms with Crippen LogP contribution < -0.4 is 5.73 Å². The summed E-state index contributed by atoms with van der Waals surface area (Å²) in [6, 6.07) is -0.113. The van der Waals surface area contributed by atoms with E-state index >= 15 is 0 Å². The van der Waals surface area contributed by atoms with Gasteiger partial charge < -0.3 is 15.0 Å². The second kappa shape index (κ2) is 5.27. The molecule has 0 aliphatic carbocycles. The van der Waals surface area contributed by atoms with E-state index in [9.17, 15) is 4.79 Å². The number of hydrogen-bond acceptors (Lipinski definition) is 6. The third-order valence-electron chi connectivity index (χ3n) is 2.43. The Morgan fingerprint density at radius 2 is 2.18 bits per heavy atom. The largest absolute Gasteiger partial charge is 0.460 e. The number of rotatable bonds is 4. The summed E-state index contributed by atoms with van der Waals surface area (Å²) in [4.78, 5) is 15.3. The summed E-state index contributed by atoms with van der Waals surface area (Å²) in [6.45, 7) is 8.08. The molecule has 0 radical (unpaired) electrons. The fourth-order valence-corrected chi connectivity index (χ4v) is 1.11.